The Labute approximate surface area is 176 Å². The van der Waals surface area contributed by atoms with Crippen LogP contribution >= 0.6 is 0 Å². The number of ether oxygens (including phenoxy) is 1. The summed E-state index contributed by atoms with van der Waals surface area (Å²) in [6, 6.07) is 11.1. The highest BCUT2D eigenvalue weighted by Crippen LogP contribution is 2.31. The summed E-state index contributed by atoms with van der Waals surface area (Å²) < 4.78 is 11.0. The van der Waals surface area contributed by atoms with Gasteiger partial charge >= 0.3 is 0 Å². The molecular weight excluding hydrogens is 384 g/mol. The number of hydrogen-bond donors (Lipinski definition) is 3. The van der Waals surface area contributed by atoms with Crippen LogP contribution in [0.2, 0.25) is 0 Å². The van der Waals surface area contributed by atoms with Gasteiger partial charge in [-0.3, -0.25) is 4.79 Å². The summed E-state index contributed by atoms with van der Waals surface area (Å²) in [5.74, 6) is 2.53. The van der Waals surface area contributed by atoms with Gasteiger partial charge in [-0.15, -0.1) is 0 Å². The Hall–Kier alpha value is -3.00. The zero-order valence-electron chi connectivity index (χ0n) is 17.8. The Balaban J connectivity index is 1.54. The number of furan rings is 1. The predicted molar refractivity (Wildman–Crippen MR) is 116 cm³/mol. The minimum Gasteiger partial charge on any atom is -0.482 e. The molecule has 0 spiro atoms. The summed E-state index contributed by atoms with van der Waals surface area (Å²) in [5.41, 5.74) is -0.389. The number of hydrogen-bond acceptors (Lipinski definition) is 5. The van der Waals surface area contributed by atoms with Crippen molar-refractivity contribution >= 4 is 17.6 Å². The van der Waals surface area contributed by atoms with Crippen LogP contribution in [0.1, 0.15) is 31.8 Å². The van der Waals surface area contributed by atoms with Crippen LogP contribution in [0.3, 0.4) is 0 Å². The van der Waals surface area contributed by atoms with Crippen molar-refractivity contribution in [3.05, 3.63) is 47.9 Å². The minimum atomic E-state index is -1.19. The van der Waals surface area contributed by atoms with Gasteiger partial charge in [0.2, 0.25) is 0 Å². The Morgan fingerprint density at radius 3 is 2.80 bits per heavy atom. The van der Waals surface area contributed by atoms with Gasteiger partial charge in [-0.05, 0) is 51.5 Å². The monoisotopic (exact) mass is 414 g/mol. The number of nitrogens with zero attached hydrogens (tertiary/aromatic N) is 2. The molecule has 0 radical (unpaired) electrons. The highest BCUT2D eigenvalue weighted by Gasteiger charge is 2.27. The lowest BCUT2D eigenvalue weighted by Crippen LogP contribution is -2.42. The number of rotatable bonds is 8. The summed E-state index contributed by atoms with van der Waals surface area (Å²) in [5, 5.41) is 17.1. The maximum absolute atomic E-state index is 12.2. The van der Waals surface area contributed by atoms with Gasteiger partial charge in [0.1, 0.15) is 22.9 Å². The first-order valence-corrected chi connectivity index (χ1v) is 10.2. The number of anilines is 1. The first-order valence-electron chi connectivity index (χ1n) is 10.2. The summed E-state index contributed by atoms with van der Waals surface area (Å²) >= 11 is 0. The standard InChI is InChI=1S/C22H30N4O4/c1-4-23-21(25-15-22(3,28)19-11-10-16(2)30-19)24-12-7-13-26-17-8-5-6-9-18(17)29-14-20(26)27/h5-6,8-11,28H,4,7,12-15H2,1-3H3,(H2,23,24,25). The Bertz CT molecular complexity index is 891. The van der Waals surface area contributed by atoms with Crippen LogP contribution < -0.4 is 20.3 Å². The molecule has 0 bridgehead atoms. The van der Waals surface area contributed by atoms with Gasteiger partial charge in [0.25, 0.3) is 5.91 Å². The van der Waals surface area contributed by atoms with E-state index in [1.165, 1.54) is 0 Å². The molecule has 1 unspecified atom stereocenters. The highest BCUT2D eigenvalue weighted by atomic mass is 16.5. The molecule has 0 fully saturated rings. The first-order chi connectivity index (χ1) is 14.4. The second-order valence-electron chi connectivity index (χ2n) is 7.46. The number of carbonyl (C=O) groups excluding carboxylic acids is 1. The average molecular weight is 415 g/mol. The number of benzene rings is 1. The van der Waals surface area contributed by atoms with E-state index in [9.17, 15) is 9.90 Å². The maximum atomic E-state index is 12.2. The molecule has 1 aromatic heterocycles. The van der Waals surface area contributed by atoms with E-state index in [1.807, 2.05) is 44.2 Å². The zero-order chi connectivity index (χ0) is 21.6. The fourth-order valence-electron chi connectivity index (χ4n) is 3.22. The molecule has 8 nitrogen and oxygen atoms in total. The zero-order valence-corrected chi connectivity index (χ0v) is 17.8. The molecule has 0 saturated heterocycles. The van der Waals surface area contributed by atoms with Gasteiger partial charge in [0, 0.05) is 19.6 Å². The third-order valence-corrected chi connectivity index (χ3v) is 4.82. The Kier molecular flexibility index (Phi) is 6.99. The topological polar surface area (TPSA) is 99.3 Å². The quantitative estimate of drug-likeness (QED) is 0.348. The van der Waals surface area contributed by atoms with E-state index in [2.05, 4.69) is 15.6 Å². The lowest BCUT2D eigenvalue weighted by Gasteiger charge is -2.29. The van der Waals surface area contributed by atoms with Crippen molar-refractivity contribution < 1.29 is 19.1 Å². The summed E-state index contributed by atoms with van der Waals surface area (Å²) in [6.45, 7) is 7.62. The van der Waals surface area contributed by atoms with Crippen LogP contribution in [0.5, 0.6) is 5.75 Å². The van der Waals surface area contributed by atoms with Crippen LogP contribution in [0.15, 0.2) is 45.8 Å². The van der Waals surface area contributed by atoms with Crippen LogP contribution in [0.4, 0.5) is 5.69 Å². The van der Waals surface area contributed by atoms with Gasteiger partial charge < -0.3 is 29.8 Å². The molecule has 1 aliphatic rings. The molecule has 0 saturated carbocycles. The summed E-state index contributed by atoms with van der Waals surface area (Å²) in [7, 11) is 0. The van der Waals surface area contributed by atoms with Gasteiger partial charge in [-0.25, -0.2) is 4.99 Å². The van der Waals surface area contributed by atoms with E-state index in [0.717, 1.165) is 23.6 Å². The van der Waals surface area contributed by atoms with E-state index in [0.29, 0.717) is 31.4 Å². The summed E-state index contributed by atoms with van der Waals surface area (Å²) in [4.78, 5) is 18.5. The van der Waals surface area contributed by atoms with E-state index < -0.39 is 5.60 Å². The molecular formula is C22H30N4O4. The molecule has 30 heavy (non-hydrogen) atoms. The fraction of sp³-hybridized carbons (Fsp3) is 0.455. The van der Waals surface area contributed by atoms with Crippen molar-refractivity contribution in [1.82, 2.24) is 10.6 Å². The maximum Gasteiger partial charge on any atom is 0.265 e. The minimum absolute atomic E-state index is 0.0425. The molecule has 1 amide bonds. The van der Waals surface area contributed by atoms with Gasteiger partial charge in [0.05, 0.1) is 12.2 Å². The average Bonchev–Trinajstić information content (AvgIpc) is 3.18. The van der Waals surface area contributed by atoms with Crippen molar-refractivity contribution in [2.75, 3.05) is 37.7 Å². The third kappa shape index (κ3) is 5.33. The van der Waals surface area contributed by atoms with Gasteiger partial charge in [0.15, 0.2) is 12.6 Å². The molecule has 3 N–H and O–H groups in total. The van der Waals surface area contributed by atoms with E-state index in [-0.39, 0.29) is 19.1 Å². The number of carbonyl (C=O) groups is 1. The van der Waals surface area contributed by atoms with E-state index >= 15 is 0 Å². The lowest BCUT2D eigenvalue weighted by atomic mass is 10.0. The fourth-order valence-corrected chi connectivity index (χ4v) is 3.22. The normalized spacial score (nSPS) is 15.9. The Morgan fingerprint density at radius 1 is 1.27 bits per heavy atom. The smallest absolute Gasteiger partial charge is 0.265 e. The molecule has 2 aromatic rings. The van der Waals surface area contributed by atoms with Crippen LogP contribution in [0, 0.1) is 6.92 Å². The number of nitrogens with one attached hydrogen (secondary N) is 2. The lowest BCUT2D eigenvalue weighted by molar-refractivity contribution is -0.121. The van der Waals surface area contributed by atoms with Crippen LogP contribution in [0.25, 0.3) is 0 Å². The van der Waals surface area contributed by atoms with Crippen LogP contribution in [-0.2, 0) is 10.4 Å². The van der Waals surface area contributed by atoms with Crippen molar-refractivity contribution in [2.45, 2.75) is 32.8 Å². The molecule has 1 aliphatic heterocycles. The second kappa shape index (κ2) is 9.67. The SMILES string of the molecule is CCNC(=NCC(C)(O)c1ccc(C)o1)NCCCN1C(=O)COc2ccccc21. The van der Waals surface area contributed by atoms with Crippen molar-refractivity contribution in [2.24, 2.45) is 4.99 Å². The van der Waals surface area contributed by atoms with E-state index in [4.69, 9.17) is 9.15 Å². The van der Waals surface area contributed by atoms with Crippen molar-refractivity contribution in [3.8, 4) is 5.75 Å². The number of aliphatic imine (C=N–C) groups is 1. The number of aliphatic hydroxyl groups is 1. The molecule has 162 valence electrons. The first kappa shape index (κ1) is 21.7. The second-order valence-corrected chi connectivity index (χ2v) is 7.46. The summed E-state index contributed by atoms with van der Waals surface area (Å²) in [6.07, 6.45) is 0.734. The number of guanidine groups is 1. The van der Waals surface area contributed by atoms with Crippen LogP contribution in [-0.4, -0.2) is 49.8 Å². The molecule has 2 heterocycles. The van der Waals surface area contributed by atoms with E-state index in [1.54, 1.807) is 17.9 Å². The molecule has 1 atom stereocenters. The van der Waals surface area contributed by atoms with Gasteiger partial charge in [-0.1, -0.05) is 12.1 Å². The van der Waals surface area contributed by atoms with Crippen molar-refractivity contribution in [3.63, 3.8) is 0 Å². The molecule has 0 aliphatic carbocycles. The van der Waals surface area contributed by atoms with Gasteiger partial charge in [-0.2, -0.15) is 0 Å². The highest BCUT2D eigenvalue weighted by molar-refractivity contribution is 5.97. The molecule has 3 rings (SSSR count). The number of fused-ring (bicyclic) bond motifs is 1. The predicted octanol–water partition coefficient (Wildman–Crippen LogP) is 2.17. The number of aryl methyl sites for hydroxylation is 1. The number of amides is 1. The van der Waals surface area contributed by atoms with Crippen molar-refractivity contribution in [1.29, 1.82) is 0 Å². The molecule has 1 aromatic carbocycles. The number of para-hydroxylation sites is 2. The molecule has 8 heteroatoms. The Morgan fingerprint density at radius 2 is 2.07 bits per heavy atom. The third-order valence-electron chi connectivity index (χ3n) is 4.82. The largest absolute Gasteiger partial charge is 0.482 e.